The van der Waals surface area contributed by atoms with Crippen LogP contribution in [0.2, 0.25) is 0 Å². The molecule has 0 radical (unpaired) electrons. The molecule has 0 amide bonds. The van der Waals surface area contributed by atoms with Crippen LogP contribution in [0.3, 0.4) is 0 Å². The van der Waals surface area contributed by atoms with Gasteiger partial charge in [-0.3, -0.25) is 4.90 Å². The van der Waals surface area contributed by atoms with Crippen molar-refractivity contribution >= 4 is 0 Å². The standard InChI is InChI=1S/C19H24N2O2/c20-11-10-19-15-21(12-13-22-19)14-16-6-8-18(9-7-16)23-17-4-2-1-3-5-17/h1-9,19H,10-15,20H2/t19-/m1/s1. The number of benzene rings is 2. The fourth-order valence-corrected chi connectivity index (χ4v) is 2.83. The Kier molecular flexibility index (Phi) is 5.64. The molecular formula is C19H24N2O2. The molecule has 0 saturated carbocycles. The van der Waals surface area contributed by atoms with Crippen molar-refractivity contribution < 1.29 is 9.47 Å². The van der Waals surface area contributed by atoms with E-state index in [-0.39, 0.29) is 6.10 Å². The van der Waals surface area contributed by atoms with Crippen LogP contribution in [0, 0.1) is 0 Å². The Morgan fingerprint density at radius 1 is 1.04 bits per heavy atom. The number of nitrogens with zero attached hydrogens (tertiary/aromatic N) is 1. The van der Waals surface area contributed by atoms with E-state index in [0.717, 1.165) is 44.2 Å². The molecule has 2 N–H and O–H groups in total. The Labute approximate surface area is 137 Å². The molecule has 23 heavy (non-hydrogen) atoms. The van der Waals surface area contributed by atoms with Gasteiger partial charge in [0.25, 0.3) is 0 Å². The van der Waals surface area contributed by atoms with E-state index in [4.69, 9.17) is 15.2 Å². The highest BCUT2D eigenvalue weighted by Gasteiger charge is 2.19. The van der Waals surface area contributed by atoms with E-state index < -0.39 is 0 Å². The molecular weight excluding hydrogens is 288 g/mol. The summed E-state index contributed by atoms with van der Waals surface area (Å²) in [4.78, 5) is 2.43. The molecule has 1 atom stereocenters. The normalized spacial score (nSPS) is 18.7. The van der Waals surface area contributed by atoms with Crippen LogP contribution in [0.15, 0.2) is 54.6 Å². The van der Waals surface area contributed by atoms with Gasteiger partial charge in [-0.1, -0.05) is 30.3 Å². The number of hydrogen-bond acceptors (Lipinski definition) is 4. The lowest BCUT2D eigenvalue weighted by atomic mass is 10.1. The van der Waals surface area contributed by atoms with Crippen molar-refractivity contribution in [1.29, 1.82) is 0 Å². The summed E-state index contributed by atoms with van der Waals surface area (Å²) in [6.07, 6.45) is 1.20. The van der Waals surface area contributed by atoms with Crippen LogP contribution in [0.25, 0.3) is 0 Å². The Morgan fingerprint density at radius 3 is 2.52 bits per heavy atom. The zero-order valence-electron chi connectivity index (χ0n) is 13.4. The summed E-state index contributed by atoms with van der Waals surface area (Å²) in [5.74, 6) is 1.72. The van der Waals surface area contributed by atoms with Gasteiger partial charge in [0.2, 0.25) is 0 Å². The number of hydrogen-bond donors (Lipinski definition) is 1. The Balaban J connectivity index is 1.55. The van der Waals surface area contributed by atoms with Crippen molar-refractivity contribution in [3.05, 3.63) is 60.2 Å². The maximum atomic E-state index is 5.82. The first kappa shape index (κ1) is 16.0. The van der Waals surface area contributed by atoms with E-state index in [2.05, 4.69) is 17.0 Å². The lowest BCUT2D eigenvalue weighted by Gasteiger charge is -2.32. The Morgan fingerprint density at radius 2 is 1.78 bits per heavy atom. The third kappa shape index (κ3) is 4.79. The minimum atomic E-state index is 0.273. The Bertz CT molecular complexity index is 584. The predicted molar refractivity (Wildman–Crippen MR) is 91.6 cm³/mol. The SMILES string of the molecule is NCC[C@@H]1CN(Cc2ccc(Oc3ccccc3)cc2)CCO1. The maximum Gasteiger partial charge on any atom is 0.127 e. The van der Waals surface area contributed by atoms with Gasteiger partial charge in [-0.25, -0.2) is 0 Å². The fourth-order valence-electron chi connectivity index (χ4n) is 2.83. The van der Waals surface area contributed by atoms with Gasteiger partial charge in [-0.2, -0.15) is 0 Å². The topological polar surface area (TPSA) is 47.7 Å². The molecule has 1 aliphatic rings. The molecule has 3 rings (SSSR count). The molecule has 0 aliphatic carbocycles. The summed E-state index contributed by atoms with van der Waals surface area (Å²) in [6.45, 7) is 4.35. The van der Waals surface area contributed by atoms with Crippen molar-refractivity contribution in [2.45, 2.75) is 19.1 Å². The lowest BCUT2D eigenvalue weighted by molar-refractivity contribution is -0.0335. The highest BCUT2D eigenvalue weighted by Crippen LogP contribution is 2.22. The number of nitrogens with two attached hydrogens (primary N) is 1. The first-order chi connectivity index (χ1) is 11.3. The minimum Gasteiger partial charge on any atom is -0.457 e. The van der Waals surface area contributed by atoms with Crippen molar-refractivity contribution in [3.8, 4) is 11.5 Å². The van der Waals surface area contributed by atoms with Crippen LogP contribution in [0.1, 0.15) is 12.0 Å². The molecule has 4 heteroatoms. The third-order valence-electron chi connectivity index (χ3n) is 4.02. The number of rotatable bonds is 6. The van der Waals surface area contributed by atoms with E-state index in [9.17, 15) is 0 Å². The maximum absolute atomic E-state index is 5.82. The van der Waals surface area contributed by atoms with Crippen molar-refractivity contribution in [2.75, 3.05) is 26.2 Å². The molecule has 122 valence electrons. The average Bonchev–Trinajstić information content (AvgIpc) is 2.58. The summed E-state index contributed by atoms with van der Waals surface area (Å²) in [5, 5.41) is 0. The van der Waals surface area contributed by atoms with Gasteiger partial charge in [0.1, 0.15) is 11.5 Å². The molecule has 2 aromatic rings. The zero-order valence-corrected chi connectivity index (χ0v) is 13.4. The van der Waals surface area contributed by atoms with Crippen LogP contribution in [0.4, 0.5) is 0 Å². The van der Waals surface area contributed by atoms with Crippen LogP contribution in [0.5, 0.6) is 11.5 Å². The van der Waals surface area contributed by atoms with Gasteiger partial charge >= 0.3 is 0 Å². The predicted octanol–water partition coefficient (Wildman–Crippen LogP) is 3.03. The molecule has 1 aliphatic heterocycles. The summed E-state index contributed by atoms with van der Waals surface area (Å²) in [7, 11) is 0. The van der Waals surface area contributed by atoms with E-state index in [0.29, 0.717) is 6.54 Å². The number of morpholine rings is 1. The zero-order chi connectivity index (χ0) is 15.9. The smallest absolute Gasteiger partial charge is 0.127 e. The second kappa shape index (κ2) is 8.11. The molecule has 1 saturated heterocycles. The molecule has 1 heterocycles. The number of para-hydroxylation sites is 1. The summed E-state index contributed by atoms with van der Waals surface area (Å²) in [5.41, 5.74) is 6.92. The second-order valence-corrected chi connectivity index (χ2v) is 5.86. The average molecular weight is 312 g/mol. The van der Waals surface area contributed by atoms with Crippen LogP contribution in [-0.2, 0) is 11.3 Å². The van der Waals surface area contributed by atoms with Gasteiger partial charge in [0.15, 0.2) is 0 Å². The van der Waals surface area contributed by atoms with Gasteiger partial charge in [-0.15, -0.1) is 0 Å². The molecule has 1 fully saturated rings. The van der Waals surface area contributed by atoms with Crippen molar-refractivity contribution in [2.24, 2.45) is 5.73 Å². The van der Waals surface area contributed by atoms with E-state index in [1.807, 2.05) is 42.5 Å². The molecule has 0 unspecified atom stereocenters. The highest BCUT2D eigenvalue weighted by atomic mass is 16.5. The summed E-state index contributed by atoms with van der Waals surface area (Å²) < 4.78 is 11.6. The van der Waals surface area contributed by atoms with Crippen molar-refractivity contribution in [3.63, 3.8) is 0 Å². The highest BCUT2D eigenvalue weighted by molar-refractivity contribution is 5.32. The van der Waals surface area contributed by atoms with Gasteiger partial charge < -0.3 is 15.2 Å². The fraction of sp³-hybridized carbons (Fsp3) is 0.368. The first-order valence-electron chi connectivity index (χ1n) is 8.19. The summed E-state index contributed by atoms with van der Waals surface area (Å²) in [6, 6.07) is 18.2. The molecule has 0 bridgehead atoms. The molecule has 2 aromatic carbocycles. The van der Waals surface area contributed by atoms with Crippen molar-refractivity contribution in [1.82, 2.24) is 4.90 Å². The monoisotopic (exact) mass is 312 g/mol. The molecule has 4 nitrogen and oxygen atoms in total. The minimum absolute atomic E-state index is 0.273. The largest absolute Gasteiger partial charge is 0.457 e. The van der Waals surface area contributed by atoms with Crippen LogP contribution < -0.4 is 10.5 Å². The lowest BCUT2D eigenvalue weighted by Crippen LogP contribution is -2.42. The molecule has 0 aromatic heterocycles. The quantitative estimate of drug-likeness (QED) is 0.890. The van der Waals surface area contributed by atoms with E-state index >= 15 is 0 Å². The van der Waals surface area contributed by atoms with E-state index in [1.54, 1.807) is 0 Å². The summed E-state index contributed by atoms with van der Waals surface area (Å²) >= 11 is 0. The van der Waals surface area contributed by atoms with Crippen LogP contribution in [-0.4, -0.2) is 37.2 Å². The Hall–Kier alpha value is -1.88. The number of ether oxygens (including phenoxy) is 2. The third-order valence-corrected chi connectivity index (χ3v) is 4.02. The van der Waals surface area contributed by atoms with E-state index in [1.165, 1.54) is 5.56 Å². The molecule has 0 spiro atoms. The van der Waals surface area contributed by atoms with Gasteiger partial charge in [-0.05, 0) is 42.8 Å². The van der Waals surface area contributed by atoms with Gasteiger partial charge in [0, 0.05) is 19.6 Å². The first-order valence-corrected chi connectivity index (χ1v) is 8.19. The van der Waals surface area contributed by atoms with Gasteiger partial charge in [0.05, 0.1) is 12.7 Å². The van der Waals surface area contributed by atoms with Crippen LogP contribution >= 0.6 is 0 Å². The second-order valence-electron chi connectivity index (χ2n) is 5.86.